The van der Waals surface area contributed by atoms with Crippen molar-refractivity contribution in [1.29, 1.82) is 0 Å². The highest BCUT2D eigenvalue weighted by Crippen LogP contribution is 1.99. The summed E-state index contributed by atoms with van der Waals surface area (Å²) < 4.78 is 4.92. The van der Waals surface area contributed by atoms with Crippen molar-refractivity contribution in [3.05, 3.63) is 0 Å². The summed E-state index contributed by atoms with van der Waals surface area (Å²) in [6.07, 6.45) is 0. The molecule has 58 valence electrons. The van der Waals surface area contributed by atoms with Crippen LogP contribution in [0.4, 0.5) is 0 Å². The standard InChI is InChI=1S/C3H7NOS.C2H6.H3N/c1-4-2-6-3-5-1;1-2;/h4H,1-3H2;1-2H3;1H3. The van der Waals surface area contributed by atoms with Gasteiger partial charge in [0.05, 0.1) is 12.7 Å². The van der Waals surface area contributed by atoms with Crippen LogP contribution in [0.5, 0.6) is 0 Å². The first-order valence-electron chi connectivity index (χ1n) is 2.86. The Kier molecular flexibility index (Phi) is 14.7. The average molecular weight is 152 g/mol. The third kappa shape index (κ3) is 8.23. The molecular formula is C5H16N2OS. The number of ether oxygens (including phenoxy) is 1. The molecule has 1 saturated heterocycles. The minimum absolute atomic E-state index is 0. The van der Waals surface area contributed by atoms with E-state index in [9.17, 15) is 0 Å². The molecule has 0 saturated carbocycles. The first kappa shape index (κ1) is 12.0. The Morgan fingerprint density at radius 2 is 2.11 bits per heavy atom. The molecule has 0 spiro atoms. The van der Waals surface area contributed by atoms with Gasteiger partial charge in [-0.05, 0) is 0 Å². The Labute approximate surface area is 61.1 Å². The van der Waals surface area contributed by atoms with Crippen LogP contribution in [0.25, 0.3) is 0 Å². The molecule has 1 rings (SSSR count). The third-order valence-electron chi connectivity index (χ3n) is 0.575. The zero-order valence-corrected chi connectivity index (χ0v) is 6.96. The molecule has 0 aromatic rings. The molecular weight excluding hydrogens is 136 g/mol. The van der Waals surface area contributed by atoms with Crippen molar-refractivity contribution in [3.63, 3.8) is 0 Å². The van der Waals surface area contributed by atoms with Gasteiger partial charge in [-0.1, -0.05) is 13.8 Å². The molecule has 3 nitrogen and oxygen atoms in total. The molecule has 0 aromatic carbocycles. The number of hydrogen-bond donors (Lipinski definition) is 2. The van der Waals surface area contributed by atoms with Gasteiger partial charge in [0.25, 0.3) is 0 Å². The summed E-state index contributed by atoms with van der Waals surface area (Å²) in [4.78, 5) is 0. The van der Waals surface area contributed by atoms with Gasteiger partial charge in [0.1, 0.15) is 0 Å². The van der Waals surface area contributed by atoms with E-state index in [4.69, 9.17) is 4.74 Å². The topological polar surface area (TPSA) is 56.3 Å². The molecule has 0 aliphatic carbocycles. The molecule has 1 aliphatic rings. The van der Waals surface area contributed by atoms with Crippen LogP contribution >= 0.6 is 11.8 Å². The van der Waals surface area contributed by atoms with E-state index in [1.165, 1.54) is 0 Å². The van der Waals surface area contributed by atoms with E-state index in [-0.39, 0.29) is 6.15 Å². The molecule has 1 aliphatic heterocycles. The summed E-state index contributed by atoms with van der Waals surface area (Å²) in [7, 11) is 0. The van der Waals surface area contributed by atoms with E-state index in [1.807, 2.05) is 13.8 Å². The number of thioether (sulfide) groups is 1. The smallest absolute Gasteiger partial charge is 0.0983 e. The van der Waals surface area contributed by atoms with Gasteiger partial charge in [-0.3, -0.25) is 5.32 Å². The van der Waals surface area contributed by atoms with E-state index < -0.39 is 0 Å². The van der Waals surface area contributed by atoms with E-state index in [1.54, 1.807) is 11.8 Å². The van der Waals surface area contributed by atoms with Gasteiger partial charge in [-0.15, -0.1) is 11.8 Å². The lowest BCUT2D eigenvalue weighted by Gasteiger charge is -2.10. The molecule has 0 atom stereocenters. The second kappa shape index (κ2) is 11.1. The van der Waals surface area contributed by atoms with Gasteiger partial charge in [-0.25, -0.2) is 0 Å². The Balaban J connectivity index is 0. The minimum Gasteiger partial charge on any atom is -0.356 e. The summed E-state index contributed by atoms with van der Waals surface area (Å²) in [6.45, 7) is 4.73. The molecule has 1 heterocycles. The number of rotatable bonds is 0. The van der Waals surface area contributed by atoms with E-state index in [0.717, 1.165) is 18.5 Å². The van der Waals surface area contributed by atoms with Gasteiger partial charge in [-0.2, -0.15) is 0 Å². The molecule has 0 bridgehead atoms. The first-order chi connectivity index (χ1) is 4.00. The molecule has 0 radical (unpaired) electrons. The van der Waals surface area contributed by atoms with Crippen LogP contribution in [-0.4, -0.2) is 18.5 Å². The summed E-state index contributed by atoms with van der Waals surface area (Å²) >= 11 is 1.76. The fourth-order valence-corrected chi connectivity index (χ4v) is 0.840. The minimum atomic E-state index is 0. The highest BCUT2D eigenvalue weighted by atomic mass is 32.2. The van der Waals surface area contributed by atoms with Gasteiger partial charge < -0.3 is 10.9 Å². The monoisotopic (exact) mass is 152 g/mol. The fourth-order valence-electron chi connectivity index (χ4n) is 0.328. The van der Waals surface area contributed by atoms with E-state index >= 15 is 0 Å². The molecule has 0 unspecified atom stereocenters. The SMILES string of the molecule is C1NCSCO1.CC.N. The van der Waals surface area contributed by atoms with Crippen LogP contribution in [0.15, 0.2) is 0 Å². The zero-order chi connectivity index (χ0) is 6.24. The van der Waals surface area contributed by atoms with Crippen molar-refractivity contribution in [2.24, 2.45) is 0 Å². The van der Waals surface area contributed by atoms with Crippen LogP contribution in [0.1, 0.15) is 13.8 Å². The summed E-state index contributed by atoms with van der Waals surface area (Å²) in [5, 5.41) is 3.03. The van der Waals surface area contributed by atoms with Crippen molar-refractivity contribution < 1.29 is 4.74 Å². The summed E-state index contributed by atoms with van der Waals surface area (Å²) in [5.41, 5.74) is 0. The highest BCUT2D eigenvalue weighted by Gasteiger charge is 1.93. The molecule has 0 amide bonds. The Hall–Kier alpha value is 0.230. The quantitative estimate of drug-likeness (QED) is 0.551. The largest absolute Gasteiger partial charge is 0.356 e. The van der Waals surface area contributed by atoms with Crippen molar-refractivity contribution in [3.8, 4) is 0 Å². The predicted molar refractivity (Wildman–Crippen MR) is 42.8 cm³/mol. The molecule has 9 heavy (non-hydrogen) atoms. The van der Waals surface area contributed by atoms with Crippen LogP contribution in [-0.2, 0) is 4.74 Å². The third-order valence-corrected chi connectivity index (χ3v) is 1.32. The van der Waals surface area contributed by atoms with Crippen LogP contribution in [0.2, 0.25) is 0 Å². The lowest BCUT2D eigenvalue weighted by molar-refractivity contribution is 0.157. The van der Waals surface area contributed by atoms with Gasteiger partial charge in [0.15, 0.2) is 0 Å². The van der Waals surface area contributed by atoms with Crippen molar-refractivity contribution in [1.82, 2.24) is 11.5 Å². The second-order valence-electron chi connectivity index (χ2n) is 1.06. The number of hydrogen-bond acceptors (Lipinski definition) is 4. The van der Waals surface area contributed by atoms with Crippen LogP contribution < -0.4 is 11.5 Å². The van der Waals surface area contributed by atoms with Crippen molar-refractivity contribution >= 4 is 11.8 Å². The number of nitrogens with one attached hydrogen (secondary N) is 1. The maximum absolute atomic E-state index is 4.92. The van der Waals surface area contributed by atoms with E-state index in [0.29, 0.717) is 0 Å². The average Bonchev–Trinajstić information content (AvgIpc) is 1.96. The second-order valence-corrected chi connectivity index (χ2v) is 2.00. The lowest BCUT2D eigenvalue weighted by atomic mass is 11.0. The fraction of sp³-hybridized carbons (Fsp3) is 1.00. The maximum atomic E-state index is 4.92. The Morgan fingerprint density at radius 3 is 2.22 bits per heavy atom. The first-order valence-corrected chi connectivity index (χ1v) is 4.02. The lowest BCUT2D eigenvalue weighted by Crippen LogP contribution is -2.22. The van der Waals surface area contributed by atoms with E-state index in [2.05, 4.69) is 5.32 Å². The summed E-state index contributed by atoms with van der Waals surface area (Å²) in [6, 6.07) is 0. The molecule has 0 aromatic heterocycles. The zero-order valence-electron chi connectivity index (χ0n) is 6.14. The predicted octanol–water partition coefficient (Wildman–Crippen LogP) is 1.40. The van der Waals surface area contributed by atoms with Gasteiger partial charge in [0.2, 0.25) is 0 Å². The van der Waals surface area contributed by atoms with Gasteiger partial charge >= 0.3 is 0 Å². The summed E-state index contributed by atoms with van der Waals surface area (Å²) in [5.74, 6) is 1.90. The van der Waals surface area contributed by atoms with Gasteiger partial charge in [0, 0.05) is 5.88 Å². The van der Waals surface area contributed by atoms with Crippen LogP contribution in [0.3, 0.4) is 0 Å². The Morgan fingerprint density at radius 1 is 1.44 bits per heavy atom. The Bertz CT molecular complexity index is 30.4. The molecule has 4 heteroatoms. The normalized spacial score (nSPS) is 16.7. The maximum Gasteiger partial charge on any atom is 0.0983 e. The highest BCUT2D eigenvalue weighted by molar-refractivity contribution is 7.99. The van der Waals surface area contributed by atoms with Crippen molar-refractivity contribution in [2.45, 2.75) is 13.8 Å². The molecule has 4 N–H and O–H groups in total. The molecule has 1 fully saturated rings. The van der Waals surface area contributed by atoms with Crippen molar-refractivity contribution in [2.75, 3.05) is 18.5 Å². The van der Waals surface area contributed by atoms with Crippen LogP contribution in [0, 0.1) is 0 Å².